The van der Waals surface area contributed by atoms with Crippen molar-refractivity contribution in [3.05, 3.63) is 18.2 Å². The summed E-state index contributed by atoms with van der Waals surface area (Å²) in [5.41, 5.74) is 0.851. The lowest BCUT2D eigenvalue weighted by atomic mass is 10.2. The van der Waals surface area contributed by atoms with Crippen LogP contribution in [0.25, 0.3) is 0 Å². The first-order valence-electron chi connectivity index (χ1n) is 7.74. The molecule has 1 unspecified atom stereocenters. The summed E-state index contributed by atoms with van der Waals surface area (Å²) in [7, 11) is 4.59. The van der Waals surface area contributed by atoms with E-state index < -0.39 is 12.1 Å². The van der Waals surface area contributed by atoms with Crippen molar-refractivity contribution in [1.82, 2.24) is 10.2 Å². The molecule has 1 heterocycles. The molecule has 1 atom stereocenters. The first-order chi connectivity index (χ1) is 11.9. The predicted molar refractivity (Wildman–Crippen MR) is 91.7 cm³/mol. The van der Waals surface area contributed by atoms with Gasteiger partial charge in [0.25, 0.3) is 0 Å². The molecule has 136 valence electrons. The maximum absolute atomic E-state index is 12.1. The number of carbonyl (C=O) groups is 3. The zero-order chi connectivity index (χ0) is 18.4. The zero-order valence-corrected chi connectivity index (χ0v) is 14.4. The zero-order valence-electron chi connectivity index (χ0n) is 14.4. The summed E-state index contributed by atoms with van der Waals surface area (Å²) in [4.78, 5) is 37.1. The van der Waals surface area contributed by atoms with E-state index in [1.54, 1.807) is 30.1 Å². The second kappa shape index (κ2) is 8.34. The van der Waals surface area contributed by atoms with Crippen LogP contribution >= 0.6 is 0 Å². The normalized spacial score (nSPS) is 16.5. The number of likely N-dealkylation sites (N-methyl/N-ethyl adjacent to an activating group) is 1. The van der Waals surface area contributed by atoms with E-state index in [0.29, 0.717) is 30.1 Å². The van der Waals surface area contributed by atoms with Crippen molar-refractivity contribution >= 4 is 29.2 Å². The number of nitrogens with zero attached hydrogens (tertiary/aromatic N) is 1. The van der Waals surface area contributed by atoms with Gasteiger partial charge in [0.05, 0.1) is 12.8 Å². The van der Waals surface area contributed by atoms with Crippen LogP contribution in [-0.4, -0.2) is 63.2 Å². The molecule has 9 heteroatoms. The third kappa shape index (κ3) is 4.83. The molecule has 1 aromatic rings. The van der Waals surface area contributed by atoms with E-state index >= 15 is 0 Å². The molecule has 0 aromatic heterocycles. The van der Waals surface area contributed by atoms with Gasteiger partial charge in [0.1, 0.15) is 18.4 Å². The van der Waals surface area contributed by atoms with Gasteiger partial charge in [-0.25, -0.2) is 4.79 Å². The predicted octanol–water partition coefficient (Wildman–Crippen LogP) is 0.632. The number of nitrogens with one attached hydrogen (secondary N) is 3. The highest BCUT2D eigenvalue weighted by Gasteiger charge is 2.30. The Morgan fingerprint density at radius 2 is 2.04 bits per heavy atom. The number of urea groups is 1. The Labute approximate surface area is 145 Å². The SMILES string of the molecule is COCC(=O)Nc1cc(NC(=O)NC2CCN(C)C2=O)ccc1OC. The minimum Gasteiger partial charge on any atom is -0.495 e. The Bertz CT molecular complexity index is 664. The van der Waals surface area contributed by atoms with E-state index in [1.165, 1.54) is 14.2 Å². The van der Waals surface area contributed by atoms with E-state index in [1.807, 2.05) is 0 Å². The van der Waals surface area contributed by atoms with E-state index in [2.05, 4.69) is 16.0 Å². The lowest BCUT2D eigenvalue weighted by molar-refractivity contribution is -0.128. The highest BCUT2D eigenvalue weighted by molar-refractivity contribution is 5.97. The van der Waals surface area contributed by atoms with Gasteiger partial charge in [0.2, 0.25) is 11.8 Å². The number of likely N-dealkylation sites (tertiary alicyclic amines) is 1. The molecule has 1 aliphatic rings. The van der Waals surface area contributed by atoms with Crippen molar-refractivity contribution in [1.29, 1.82) is 0 Å². The van der Waals surface area contributed by atoms with Crippen LogP contribution in [0.5, 0.6) is 5.75 Å². The Morgan fingerprint density at radius 3 is 2.64 bits per heavy atom. The van der Waals surface area contributed by atoms with Crippen LogP contribution in [0.4, 0.5) is 16.2 Å². The topological polar surface area (TPSA) is 109 Å². The molecule has 1 aliphatic heterocycles. The molecule has 25 heavy (non-hydrogen) atoms. The summed E-state index contributed by atoms with van der Waals surface area (Å²) in [6, 6.07) is 3.80. The maximum atomic E-state index is 12.1. The summed E-state index contributed by atoms with van der Waals surface area (Å²) < 4.78 is 9.95. The highest BCUT2D eigenvalue weighted by atomic mass is 16.5. The molecule has 0 radical (unpaired) electrons. The summed E-state index contributed by atoms with van der Waals surface area (Å²) >= 11 is 0. The van der Waals surface area contributed by atoms with Gasteiger partial charge in [0, 0.05) is 26.4 Å². The van der Waals surface area contributed by atoms with Crippen LogP contribution in [0.1, 0.15) is 6.42 Å². The number of methoxy groups -OCH3 is 2. The molecule has 0 spiro atoms. The largest absolute Gasteiger partial charge is 0.495 e. The molecule has 0 bridgehead atoms. The lowest BCUT2D eigenvalue weighted by Crippen LogP contribution is -2.42. The van der Waals surface area contributed by atoms with Crippen LogP contribution in [0.15, 0.2) is 18.2 Å². The van der Waals surface area contributed by atoms with Gasteiger partial charge in [-0.1, -0.05) is 0 Å². The van der Waals surface area contributed by atoms with Crippen LogP contribution in [0.3, 0.4) is 0 Å². The summed E-state index contributed by atoms with van der Waals surface area (Å²) in [6.07, 6.45) is 0.573. The maximum Gasteiger partial charge on any atom is 0.319 e. The molecule has 0 saturated carbocycles. The Hall–Kier alpha value is -2.81. The first-order valence-corrected chi connectivity index (χ1v) is 7.74. The molecule has 1 fully saturated rings. The van der Waals surface area contributed by atoms with Gasteiger partial charge < -0.3 is 30.3 Å². The number of benzene rings is 1. The summed E-state index contributed by atoms with van der Waals surface area (Å²) in [5.74, 6) is -0.0117. The molecule has 9 nitrogen and oxygen atoms in total. The van der Waals surface area contributed by atoms with Crippen molar-refractivity contribution in [2.75, 3.05) is 45.1 Å². The molecule has 1 aromatic carbocycles. The molecule has 0 aliphatic carbocycles. The fraction of sp³-hybridized carbons (Fsp3) is 0.438. The molecule has 1 saturated heterocycles. The smallest absolute Gasteiger partial charge is 0.319 e. The van der Waals surface area contributed by atoms with Crippen molar-refractivity contribution in [2.24, 2.45) is 0 Å². The Morgan fingerprint density at radius 1 is 1.28 bits per heavy atom. The van der Waals surface area contributed by atoms with Crippen LogP contribution in [-0.2, 0) is 14.3 Å². The van der Waals surface area contributed by atoms with Gasteiger partial charge in [0.15, 0.2) is 0 Å². The van der Waals surface area contributed by atoms with Crippen LogP contribution in [0.2, 0.25) is 0 Å². The second-order valence-electron chi connectivity index (χ2n) is 5.60. The van der Waals surface area contributed by atoms with E-state index in [4.69, 9.17) is 9.47 Å². The van der Waals surface area contributed by atoms with E-state index in [0.717, 1.165) is 0 Å². The highest BCUT2D eigenvalue weighted by Crippen LogP contribution is 2.27. The molecule has 4 amide bonds. The fourth-order valence-electron chi connectivity index (χ4n) is 2.48. The number of hydrogen-bond acceptors (Lipinski definition) is 5. The minimum absolute atomic E-state index is 0.0986. The second-order valence-corrected chi connectivity index (χ2v) is 5.60. The third-order valence-corrected chi connectivity index (χ3v) is 3.74. The number of carbonyl (C=O) groups excluding carboxylic acids is 3. The monoisotopic (exact) mass is 350 g/mol. The van der Waals surface area contributed by atoms with Crippen molar-refractivity contribution in [3.8, 4) is 5.75 Å². The average Bonchev–Trinajstić information content (AvgIpc) is 2.87. The Kier molecular flexibility index (Phi) is 6.18. The number of amides is 4. The molecule has 2 rings (SSSR count). The van der Waals surface area contributed by atoms with Gasteiger partial charge in [-0.2, -0.15) is 0 Å². The molecule has 3 N–H and O–H groups in total. The number of anilines is 2. The quantitative estimate of drug-likeness (QED) is 0.697. The number of hydrogen-bond donors (Lipinski definition) is 3. The summed E-state index contributed by atoms with van der Waals surface area (Å²) in [5, 5.41) is 7.92. The fourth-order valence-corrected chi connectivity index (χ4v) is 2.48. The van der Waals surface area contributed by atoms with Crippen molar-refractivity contribution < 1.29 is 23.9 Å². The van der Waals surface area contributed by atoms with Gasteiger partial charge in [-0.05, 0) is 24.6 Å². The van der Waals surface area contributed by atoms with Crippen LogP contribution < -0.4 is 20.7 Å². The third-order valence-electron chi connectivity index (χ3n) is 3.74. The lowest BCUT2D eigenvalue weighted by Gasteiger charge is -2.15. The van der Waals surface area contributed by atoms with Gasteiger partial charge in [-0.15, -0.1) is 0 Å². The number of rotatable bonds is 6. The van der Waals surface area contributed by atoms with Crippen LogP contribution in [0, 0.1) is 0 Å². The van der Waals surface area contributed by atoms with Crippen molar-refractivity contribution in [3.63, 3.8) is 0 Å². The minimum atomic E-state index is -0.524. The summed E-state index contributed by atoms with van der Waals surface area (Å²) in [6.45, 7) is 0.514. The van der Waals surface area contributed by atoms with E-state index in [9.17, 15) is 14.4 Å². The number of ether oxygens (including phenoxy) is 2. The first kappa shape index (κ1) is 18.5. The average molecular weight is 350 g/mol. The standard InChI is InChI=1S/C16H22N4O5/c1-20-7-6-11(15(20)22)19-16(23)17-10-4-5-13(25-3)12(8-10)18-14(21)9-24-2/h4-5,8,11H,6-7,9H2,1-3H3,(H,18,21)(H2,17,19,23). The van der Waals surface area contributed by atoms with E-state index in [-0.39, 0.29) is 18.4 Å². The van der Waals surface area contributed by atoms with Crippen molar-refractivity contribution in [2.45, 2.75) is 12.5 Å². The molecular weight excluding hydrogens is 328 g/mol. The Balaban J connectivity index is 2.02. The molecular formula is C16H22N4O5. The van der Waals surface area contributed by atoms with Gasteiger partial charge >= 0.3 is 6.03 Å². The van der Waals surface area contributed by atoms with Gasteiger partial charge in [-0.3, -0.25) is 9.59 Å².